The van der Waals surface area contributed by atoms with Crippen molar-refractivity contribution in [1.82, 2.24) is 15.5 Å². The Morgan fingerprint density at radius 3 is 2.41 bits per heavy atom. The third kappa shape index (κ3) is 5.75. The number of ether oxygens (including phenoxy) is 1. The van der Waals surface area contributed by atoms with Crippen molar-refractivity contribution in [2.45, 2.75) is 26.2 Å². The number of benzene rings is 2. The van der Waals surface area contributed by atoms with E-state index in [1.54, 1.807) is 12.1 Å². The lowest BCUT2D eigenvalue weighted by molar-refractivity contribution is -0.121. The summed E-state index contributed by atoms with van der Waals surface area (Å²) in [6, 6.07) is 14.9. The average molecular weight is 393 g/mol. The highest BCUT2D eigenvalue weighted by atomic mass is 16.5. The first kappa shape index (κ1) is 20.3. The fraction of sp³-hybridized carbons (Fsp3) is 0.273. The molecule has 1 N–H and O–H groups in total. The van der Waals surface area contributed by atoms with Gasteiger partial charge in [-0.15, -0.1) is 10.2 Å². The molecule has 0 aliphatic heterocycles. The maximum absolute atomic E-state index is 12.0. The zero-order chi connectivity index (χ0) is 20.6. The Morgan fingerprint density at radius 2 is 1.72 bits per heavy atom. The van der Waals surface area contributed by atoms with Crippen LogP contribution in [0.1, 0.15) is 33.8 Å². The predicted molar refractivity (Wildman–Crippen MR) is 107 cm³/mol. The van der Waals surface area contributed by atoms with Gasteiger partial charge in [0, 0.05) is 24.9 Å². The largest absolute Gasteiger partial charge is 0.465 e. The number of carbonyl (C=O) groups excluding carboxylic acids is 2. The van der Waals surface area contributed by atoms with Crippen LogP contribution in [0.25, 0.3) is 11.5 Å². The second kappa shape index (κ2) is 9.64. The van der Waals surface area contributed by atoms with Crippen LogP contribution in [-0.4, -0.2) is 35.7 Å². The van der Waals surface area contributed by atoms with Crippen LogP contribution in [0, 0.1) is 6.92 Å². The molecule has 0 atom stereocenters. The summed E-state index contributed by atoms with van der Waals surface area (Å²) in [5.74, 6) is 0.451. The van der Waals surface area contributed by atoms with Crippen molar-refractivity contribution in [2.75, 3.05) is 13.7 Å². The van der Waals surface area contributed by atoms with Crippen molar-refractivity contribution in [2.24, 2.45) is 0 Å². The molecule has 7 nitrogen and oxygen atoms in total. The molecule has 1 aromatic heterocycles. The van der Waals surface area contributed by atoms with E-state index in [0.29, 0.717) is 36.7 Å². The van der Waals surface area contributed by atoms with E-state index in [1.165, 1.54) is 7.11 Å². The van der Waals surface area contributed by atoms with Gasteiger partial charge >= 0.3 is 5.97 Å². The second-order valence-electron chi connectivity index (χ2n) is 6.66. The van der Waals surface area contributed by atoms with E-state index < -0.39 is 0 Å². The molecule has 29 heavy (non-hydrogen) atoms. The number of amides is 1. The monoisotopic (exact) mass is 393 g/mol. The zero-order valence-corrected chi connectivity index (χ0v) is 16.5. The van der Waals surface area contributed by atoms with Gasteiger partial charge in [-0.05, 0) is 43.2 Å². The summed E-state index contributed by atoms with van der Waals surface area (Å²) in [4.78, 5) is 23.5. The van der Waals surface area contributed by atoms with Crippen LogP contribution in [0.5, 0.6) is 0 Å². The van der Waals surface area contributed by atoms with Crippen molar-refractivity contribution >= 4 is 11.9 Å². The molecule has 0 fully saturated rings. The molecule has 7 heteroatoms. The summed E-state index contributed by atoms with van der Waals surface area (Å²) in [5.41, 5.74) is 3.55. The highest BCUT2D eigenvalue weighted by Crippen LogP contribution is 2.18. The lowest BCUT2D eigenvalue weighted by Gasteiger charge is -2.05. The molecule has 3 rings (SSSR count). The molecule has 150 valence electrons. The van der Waals surface area contributed by atoms with E-state index in [2.05, 4.69) is 20.3 Å². The maximum Gasteiger partial charge on any atom is 0.337 e. The van der Waals surface area contributed by atoms with Gasteiger partial charge in [0.05, 0.1) is 12.7 Å². The topological polar surface area (TPSA) is 94.3 Å². The van der Waals surface area contributed by atoms with Crippen molar-refractivity contribution in [3.63, 3.8) is 0 Å². The van der Waals surface area contributed by atoms with Gasteiger partial charge in [-0.1, -0.05) is 29.8 Å². The van der Waals surface area contributed by atoms with Crippen molar-refractivity contribution in [3.8, 4) is 11.5 Å². The zero-order valence-electron chi connectivity index (χ0n) is 16.5. The van der Waals surface area contributed by atoms with Gasteiger partial charge < -0.3 is 14.5 Å². The molecular weight excluding hydrogens is 370 g/mol. The average Bonchev–Trinajstić information content (AvgIpc) is 3.22. The van der Waals surface area contributed by atoms with E-state index in [9.17, 15) is 9.59 Å². The minimum Gasteiger partial charge on any atom is -0.465 e. The molecule has 1 heterocycles. The summed E-state index contributed by atoms with van der Waals surface area (Å²) in [6.45, 7) is 2.52. The quantitative estimate of drug-likeness (QED) is 0.591. The van der Waals surface area contributed by atoms with Crippen molar-refractivity contribution < 1.29 is 18.7 Å². The Labute approximate surface area is 169 Å². The Morgan fingerprint density at radius 1 is 1.00 bits per heavy atom. The molecule has 0 aliphatic carbocycles. The molecule has 0 saturated carbocycles. The first-order valence-electron chi connectivity index (χ1n) is 9.38. The van der Waals surface area contributed by atoms with Gasteiger partial charge in [-0.2, -0.15) is 0 Å². The fourth-order valence-electron chi connectivity index (χ4n) is 2.75. The Hall–Kier alpha value is -3.48. The predicted octanol–water partition coefficient (Wildman–Crippen LogP) is 3.12. The number of nitrogens with zero attached hydrogens (tertiary/aromatic N) is 2. The molecular formula is C22H23N3O4. The van der Waals surface area contributed by atoms with Gasteiger partial charge in [0.15, 0.2) is 0 Å². The first-order chi connectivity index (χ1) is 14.0. The summed E-state index contributed by atoms with van der Waals surface area (Å²) >= 11 is 0. The maximum atomic E-state index is 12.0. The fourth-order valence-corrected chi connectivity index (χ4v) is 2.75. The minimum absolute atomic E-state index is 0.0775. The molecule has 3 aromatic rings. The Bertz CT molecular complexity index is 962. The summed E-state index contributed by atoms with van der Waals surface area (Å²) in [7, 11) is 1.35. The van der Waals surface area contributed by atoms with Gasteiger partial charge in [-0.3, -0.25) is 4.79 Å². The van der Waals surface area contributed by atoms with E-state index in [1.807, 2.05) is 43.3 Å². The van der Waals surface area contributed by atoms with Crippen LogP contribution in [0.4, 0.5) is 0 Å². The Kier molecular flexibility index (Phi) is 6.73. The minimum atomic E-state index is -0.364. The number of hydrogen-bond acceptors (Lipinski definition) is 6. The standard InChI is InChI=1S/C22H23N3O4/c1-15-3-7-17(8-4-15)21-25-24-20(29-21)12-11-19(26)23-14-13-16-5-9-18(10-6-16)22(27)28-2/h3-10H,11-14H2,1-2H3,(H,23,26). The number of hydrogen-bond donors (Lipinski definition) is 1. The molecule has 0 spiro atoms. The molecule has 0 radical (unpaired) electrons. The number of aryl methyl sites for hydroxylation is 2. The summed E-state index contributed by atoms with van der Waals surface area (Å²) in [5, 5.41) is 10.9. The summed E-state index contributed by atoms with van der Waals surface area (Å²) in [6.07, 6.45) is 1.33. The van der Waals surface area contributed by atoms with Gasteiger partial charge in [0.1, 0.15) is 0 Å². The van der Waals surface area contributed by atoms with Crippen LogP contribution >= 0.6 is 0 Å². The van der Waals surface area contributed by atoms with Crippen LogP contribution in [-0.2, 0) is 22.4 Å². The number of rotatable bonds is 8. The number of aromatic nitrogens is 2. The smallest absolute Gasteiger partial charge is 0.337 e. The molecule has 0 aliphatic rings. The Balaban J connectivity index is 1.41. The molecule has 1 amide bonds. The van der Waals surface area contributed by atoms with Gasteiger partial charge in [-0.25, -0.2) is 4.79 Å². The lowest BCUT2D eigenvalue weighted by atomic mass is 10.1. The third-order valence-electron chi connectivity index (χ3n) is 4.44. The van der Waals surface area contributed by atoms with Crippen LogP contribution in [0.15, 0.2) is 52.9 Å². The number of carbonyl (C=O) groups is 2. The normalized spacial score (nSPS) is 10.6. The number of nitrogens with one attached hydrogen (secondary N) is 1. The van der Waals surface area contributed by atoms with Crippen LogP contribution in [0.2, 0.25) is 0 Å². The number of methoxy groups -OCH3 is 1. The number of esters is 1. The van der Waals surface area contributed by atoms with E-state index in [0.717, 1.165) is 16.7 Å². The summed E-state index contributed by atoms with van der Waals surface area (Å²) < 4.78 is 10.3. The molecule has 0 unspecified atom stereocenters. The highest BCUT2D eigenvalue weighted by molar-refractivity contribution is 5.89. The van der Waals surface area contributed by atoms with Crippen molar-refractivity contribution in [1.29, 1.82) is 0 Å². The van der Waals surface area contributed by atoms with Crippen LogP contribution in [0.3, 0.4) is 0 Å². The van der Waals surface area contributed by atoms with Crippen LogP contribution < -0.4 is 5.32 Å². The molecule has 2 aromatic carbocycles. The third-order valence-corrected chi connectivity index (χ3v) is 4.44. The van der Waals surface area contributed by atoms with E-state index >= 15 is 0 Å². The lowest BCUT2D eigenvalue weighted by Crippen LogP contribution is -2.25. The van der Waals surface area contributed by atoms with E-state index in [4.69, 9.17) is 4.42 Å². The SMILES string of the molecule is COC(=O)c1ccc(CCNC(=O)CCc2nnc(-c3ccc(C)cc3)o2)cc1. The second-order valence-corrected chi connectivity index (χ2v) is 6.66. The molecule has 0 bridgehead atoms. The van der Waals surface area contributed by atoms with Gasteiger partial charge in [0.2, 0.25) is 17.7 Å². The van der Waals surface area contributed by atoms with Gasteiger partial charge in [0.25, 0.3) is 0 Å². The highest BCUT2D eigenvalue weighted by Gasteiger charge is 2.10. The van der Waals surface area contributed by atoms with E-state index in [-0.39, 0.29) is 18.3 Å². The first-order valence-corrected chi connectivity index (χ1v) is 9.38. The van der Waals surface area contributed by atoms with Crippen molar-refractivity contribution in [3.05, 3.63) is 71.1 Å². The molecule has 0 saturated heterocycles.